The summed E-state index contributed by atoms with van der Waals surface area (Å²) < 4.78 is 18.1. The van der Waals surface area contributed by atoms with Crippen LogP contribution in [-0.4, -0.2) is 46.6 Å². The van der Waals surface area contributed by atoms with E-state index in [9.17, 15) is 14.0 Å². The van der Waals surface area contributed by atoms with Gasteiger partial charge >= 0.3 is 6.03 Å². The topological polar surface area (TPSA) is 100 Å². The monoisotopic (exact) mass is 403 g/mol. The lowest BCUT2D eigenvalue weighted by atomic mass is 10.1. The summed E-state index contributed by atoms with van der Waals surface area (Å²) in [6.07, 6.45) is 2.88. The molecule has 0 saturated carbocycles. The molecule has 0 aliphatic carbocycles. The van der Waals surface area contributed by atoms with E-state index in [1.807, 2.05) is 6.92 Å². The van der Waals surface area contributed by atoms with Gasteiger partial charge in [0.05, 0.1) is 6.04 Å². The second-order valence-electron chi connectivity index (χ2n) is 6.96. The first-order valence-corrected chi connectivity index (χ1v) is 9.95. The minimum Gasteiger partial charge on any atom is -0.356 e. The molecule has 1 aliphatic heterocycles. The van der Waals surface area contributed by atoms with E-state index >= 15 is 0 Å². The van der Waals surface area contributed by atoms with Crippen molar-refractivity contribution in [2.24, 2.45) is 0 Å². The summed E-state index contributed by atoms with van der Waals surface area (Å²) in [7, 11) is 0. The van der Waals surface area contributed by atoms with E-state index in [-0.39, 0.29) is 30.2 Å². The molecule has 29 heavy (non-hydrogen) atoms. The molecular weight excluding hydrogens is 377 g/mol. The van der Waals surface area contributed by atoms with Crippen LogP contribution in [0, 0.1) is 5.82 Å². The molecule has 0 radical (unpaired) electrons. The fourth-order valence-corrected chi connectivity index (χ4v) is 3.34. The van der Waals surface area contributed by atoms with Crippen LogP contribution in [-0.2, 0) is 17.6 Å². The zero-order valence-corrected chi connectivity index (χ0v) is 16.5. The largest absolute Gasteiger partial charge is 0.356 e. The molecule has 9 heteroatoms. The minimum absolute atomic E-state index is 0.114. The van der Waals surface area contributed by atoms with E-state index in [0.29, 0.717) is 44.2 Å². The predicted molar refractivity (Wildman–Crippen MR) is 103 cm³/mol. The van der Waals surface area contributed by atoms with Gasteiger partial charge in [-0.05, 0) is 43.9 Å². The van der Waals surface area contributed by atoms with Crippen LogP contribution in [0.2, 0.25) is 0 Å². The summed E-state index contributed by atoms with van der Waals surface area (Å²) in [4.78, 5) is 30.2. The maximum Gasteiger partial charge on any atom is 0.318 e. The Morgan fingerprint density at radius 3 is 2.79 bits per heavy atom. The minimum atomic E-state index is -0.275. The summed E-state index contributed by atoms with van der Waals surface area (Å²) in [5.41, 5.74) is 0.960. The Morgan fingerprint density at radius 2 is 2.03 bits per heavy atom. The SMILES string of the molecule is CCNC(=O)N1CCCC1c1noc(CCC(=O)NCCc2ccc(F)cc2)n1. The van der Waals surface area contributed by atoms with Crippen molar-refractivity contribution in [2.75, 3.05) is 19.6 Å². The van der Waals surface area contributed by atoms with Crippen LogP contribution in [0.1, 0.15) is 49.5 Å². The normalized spacial score (nSPS) is 16.1. The summed E-state index contributed by atoms with van der Waals surface area (Å²) in [5, 5.41) is 9.64. The average molecular weight is 403 g/mol. The molecule has 2 heterocycles. The third kappa shape index (κ3) is 5.75. The number of carbonyl (C=O) groups is 2. The number of aromatic nitrogens is 2. The number of rotatable bonds is 8. The number of amides is 3. The number of likely N-dealkylation sites (tertiary alicyclic amines) is 1. The van der Waals surface area contributed by atoms with Crippen LogP contribution >= 0.6 is 0 Å². The molecule has 1 fully saturated rings. The zero-order chi connectivity index (χ0) is 20.6. The fourth-order valence-electron chi connectivity index (χ4n) is 3.34. The summed E-state index contributed by atoms with van der Waals surface area (Å²) in [5.74, 6) is 0.483. The molecule has 3 amide bonds. The molecule has 8 nitrogen and oxygen atoms in total. The first kappa shape index (κ1) is 20.8. The average Bonchev–Trinajstić information content (AvgIpc) is 3.37. The van der Waals surface area contributed by atoms with Crippen molar-refractivity contribution >= 4 is 11.9 Å². The van der Waals surface area contributed by atoms with Crippen molar-refractivity contribution in [3.8, 4) is 0 Å². The number of hydrogen-bond donors (Lipinski definition) is 2. The number of nitrogens with one attached hydrogen (secondary N) is 2. The Kier molecular flexibility index (Phi) is 7.15. The van der Waals surface area contributed by atoms with Gasteiger partial charge in [0.1, 0.15) is 5.82 Å². The van der Waals surface area contributed by atoms with E-state index in [4.69, 9.17) is 4.52 Å². The molecule has 2 aromatic rings. The number of hydrogen-bond acceptors (Lipinski definition) is 5. The van der Waals surface area contributed by atoms with Gasteiger partial charge in [0.25, 0.3) is 0 Å². The van der Waals surface area contributed by atoms with Gasteiger partial charge in [0.15, 0.2) is 5.82 Å². The van der Waals surface area contributed by atoms with Crippen LogP contribution in [0.15, 0.2) is 28.8 Å². The summed E-state index contributed by atoms with van der Waals surface area (Å²) in [6.45, 7) is 3.58. The van der Waals surface area contributed by atoms with Crippen molar-refractivity contribution in [1.29, 1.82) is 0 Å². The van der Waals surface area contributed by atoms with E-state index in [2.05, 4.69) is 20.8 Å². The molecule has 1 aliphatic rings. The molecular formula is C20H26FN5O3. The molecule has 0 spiro atoms. The van der Waals surface area contributed by atoms with E-state index < -0.39 is 0 Å². The van der Waals surface area contributed by atoms with E-state index in [1.165, 1.54) is 12.1 Å². The Balaban J connectivity index is 1.43. The Labute approximate surface area is 168 Å². The van der Waals surface area contributed by atoms with Crippen molar-refractivity contribution in [2.45, 2.75) is 45.1 Å². The highest BCUT2D eigenvalue weighted by atomic mass is 19.1. The van der Waals surface area contributed by atoms with Crippen LogP contribution in [0.5, 0.6) is 0 Å². The van der Waals surface area contributed by atoms with Crippen LogP contribution in [0.3, 0.4) is 0 Å². The molecule has 1 aromatic carbocycles. The van der Waals surface area contributed by atoms with Gasteiger partial charge in [0, 0.05) is 32.5 Å². The van der Waals surface area contributed by atoms with Crippen molar-refractivity contribution < 1.29 is 18.5 Å². The molecule has 156 valence electrons. The Bertz CT molecular complexity index is 824. The van der Waals surface area contributed by atoms with Gasteiger partial charge in [-0.3, -0.25) is 4.79 Å². The van der Waals surface area contributed by atoms with Gasteiger partial charge in [-0.15, -0.1) is 0 Å². The molecule has 0 bridgehead atoms. The number of urea groups is 1. The number of carbonyl (C=O) groups excluding carboxylic acids is 2. The molecule has 1 unspecified atom stereocenters. The lowest BCUT2D eigenvalue weighted by Crippen LogP contribution is -2.39. The maximum absolute atomic E-state index is 12.9. The number of nitrogens with zero attached hydrogens (tertiary/aromatic N) is 3. The maximum atomic E-state index is 12.9. The van der Waals surface area contributed by atoms with Gasteiger partial charge in [-0.25, -0.2) is 9.18 Å². The van der Waals surface area contributed by atoms with Gasteiger partial charge < -0.3 is 20.1 Å². The third-order valence-corrected chi connectivity index (χ3v) is 4.84. The van der Waals surface area contributed by atoms with E-state index in [0.717, 1.165) is 18.4 Å². The van der Waals surface area contributed by atoms with Crippen LogP contribution in [0.4, 0.5) is 9.18 Å². The van der Waals surface area contributed by atoms with Gasteiger partial charge in [-0.1, -0.05) is 17.3 Å². The fraction of sp³-hybridized carbons (Fsp3) is 0.500. The second-order valence-corrected chi connectivity index (χ2v) is 6.96. The zero-order valence-electron chi connectivity index (χ0n) is 16.5. The first-order valence-electron chi connectivity index (χ1n) is 9.95. The molecule has 2 N–H and O–H groups in total. The highest BCUT2D eigenvalue weighted by Gasteiger charge is 2.33. The lowest BCUT2D eigenvalue weighted by molar-refractivity contribution is -0.121. The molecule has 1 aromatic heterocycles. The summed E-state index contributed by atoms with van der Waals surface area (Å²) in [6, 6.07) is 5.90. The second kappa shape index (κ2) is 9.99. The summed E-state index contributed by atoms with van der Waals surface area (Å²) >= 11 is 0. The Hall–Kier alpha value is -2.97. The molecule has 3 rings (SSSR count). The predicted octanol–water partition coefficient (Wildman–Crippen LogP) is 2.37. The van der Waals surface area contributed by atoms with Crippen molar-refractivity contribution in [1.82, 2.24) is 25.7 Å². The van der Waals surface area contributed by atoms with Gasteiger partial charge in [0.2, 0.25) is 11.8 Å². The third-order valence-electron chi connectivity index (χ3n) is 4.84. The number of aryl methyl sites for hydroxylation is 1. The van der Waals surface area contributed by atoms with Crippen LogP contribution < -0.4 is 10.6 Å². The highest BCUT2D eigenvalue weighted by Crippen LogP contribution is 2.30. The lowest BCUT2D eigenvalue weighted by Gasteiger charge is -2.22. The first-order chi connectivity index (χ1) is 14.1. The van der Waals surface area contributed by atoms with Crippen LogP contribution in [0.25, 0.3) is 0 Å². The quantitative estimate of drug-likeness (QED) is 0.705. The standard InChI is InChI=1S/C20H26FN5O3/c1-2-22-20(28)26-13-3-4-16(26)19-24-18(29-25-19)10-9-17(27)23-12-11-14-5-7-15(21)8-6-14/h5-8,16H,2-4,9-13H2,1H3,(H,22,28)(H,23,27). The smallest absolute Gasteiger partial charge is 0.318 e. The van der Waals surface area contributed by atoms with Crippen molar-refractivity contribution in [3.05, 3.63) is 47.4 Å². The van der Waals surface area contributed by atoms with Crippen molar-refractivity contribution in [3.63, 3.8) is 0 Å². The molecule has 1 atom stereocenters. The number of benzene rings is 1. The van der Waals surface area contributed by atoms with E-state index in [1.54, 1.807) is 17.0 Å². The highest BCUT2D eigenvalue weighted by molar-refractivity contribution is 5.76. The molecule has 1 saturated heterocycles. The Morgan fingerprint density at radius 1 is 1.24 bits per heavy atom. The number of halogens is 1. The van der Waals surface area contributed by atoms with Gasteiger partial charge in [-0.2, -0.15) is 4.98 Å².